The number of carbonyl (C=O) groups excluding carboxylic acids is 2. The average molecular weight is 569 g/mol. The van der Waals surface area contributed by atoms with Crippen molar-refractivity contribution in [1.29, 1.82) is 0 Å². The molecule has 7 nitrogen and oxygen atoms in total. The molecule has 0 radical (unpaired) electrons. The number of amides is 2. The van der Waals surface area contributed by atoms with Gasteiger partial charge in [0.25, 0.3) is 11.8 Å². The molecule has 0 bridgehead atoms. The summed E-state index contributed by atoms with van der Waals surface area (Å²) in [7, 11) is 0. The van der Waals surface area contributed by atoms with E-state index in [0.717, 1.165) is 64.5 Å². The van der Waals surface area contributed by atoms with Crippen molar-refractivity contribution in [2.24, 2.45) is 0 Å². The number of fused-ring (bicyclic) bond motifs is 1. The van der Waals surface area contributed by atoms with Crippen LogP contribution in [0.4, 0.5) is 11.4 Å². The van der Waals surface area contributed by atoms with Crippen LogP contribution < -0.4 is 15.5 Å². The maximum Gasteiger partial charge on any atom is 0.255 e. The van der Waals surface area contributed by atoms with Crippen LogP contribution in [0.5, 0.6) is 0 Å². The van der Waals surface area contributed by atoms with Crippen molar-refractivity contribution in [2.75, 3.05) is 56.2 Å². The number of anilines is 2. The fourth-order valence-corrected chi connectivity index (χ4v) is 5.80. The van der Waals surface area contributed by atoms with Gasteiger partial charge >= 0.3 is 0 Å². The first-order valence-electron chi connectivity index (χ1n) is 15.5. The lowest BCUT2D eigenvalue weighted by molar-refractivity contribution is 0.0383. The molecule has 2 aliphatic heterocycles. The van der Waals surface area contributed by atoms with Crippen LogP contribution in [0.15, 0.2) is 66.7 Å². The number of hydrogen-bond donors (Lipinski definition) is 2. The monoisotopic (exact) mass is 568 g/mol. The first-order valence-corrected chi connectivity index (χ1v) is 15.5. The number of benzene rings is 3. The highest BCUT2D eigenvalue weighted by atomic mass is 16.5. The summed E-state index contributed by atoms with van der Waals surface area (Å²) in [5.74, 6) is -0.300. The van der Waals surface area contributed by atoms with Crippen molar-refractivity contribution < 1.29 is 14.3 Å². The zero-order valence-electron chi connectivity index (χ0n) is 24.9. The number of nitrogens with one attached hydrogen (secondary N) is 2. The summed E-state index contributed by atoms with van der Waals surface area (Å²) in [4.78, 5) is 31.3. The third-order valence-electron chi connectivity index (χ3n) is 8.32. The van der Waals surface area contributed by atoms with Crippen LogP contribution in [-0.4, -0.2) is 62.7 Å². The summed E-state index contributed by atoms with van der Waals surface area (Å²) in [6, 6.07) is 22.1. The van der Waals surface area contributed by atoms with Gasteiger partial charge in [0, 0.05) is 56.2 Å². The van der Waals surface area contributed by atoms with Crippen LogP contribution in [0, 0.1) is 0 Å². The van der Waals surface area contributed by atoms with Crippen LogP contribution >= 0.6 is 0 Å². The number of aryl methyl sites for hydroxylation is 1. The topological polar surface area (TPSA) is 73.9 Å². The van der Waals surface area contributed by atoms with E-state index in [0.29, 0.717) is 23.4 Å². The molecule has 2 aliphatic rings. The maximum absolute atomic E-state index is 13.6. The second-order valence-electron chi connectivity index (χ2n) is 11.3. The first-order chi connectivity index (χ1) is 20.6. The van der Waals surface area contributed by atoms with Crippen molar-refractivity contribution in [3.05, 3.63) is 94.5 Å². The van der Waals surface area contributed by atoms with Crippen molar-refractivity contribution >= 4 is 23.2 Å². The SMILES string of the molecule is CCCCCCc1ccc(C(=O)Nc2ccc(N3CCc4ccccc4C3)c(C(=O)NCCN3CCOCC3)c2)cc1. The van der Waals surface area contributed by atoms with Crippen LogP contribution in [0.25, 0.3) is 0 Å². The van der Waals surface area contributed by atoms with E-state index in [1.165, 1.54) is 42.4 Å². The molecule has 0 atom stereocenters. The Kier molecular flexibility index (Phi) is 10.6. The van der Waals surface area contributed by atoms with Crippen molar-refractivity contribution in [1.82, 2.24) is 10.2 Å². The Bertz CT molecular complexity index is 1330. The predicted molar refractivity (Wildman–Crippen MR) is 169 cm³/mol. The average Bonchev–Trinajstić information content (AvgIpc) is 3.03. The maximum atomic E-state index is 13.6. The first kappa shape index (κ1) is 29.8. The van der Waals surface area contributed by atoms with Crippen molar-refractivity contribution in [3.8, 4) is 0 Å². The van der Waals surface area contributed by atoms with Crippen LogP contribution in [0.3, 0.4) is 0 Å². The minimum atomic E-state index is -0.175. The molecule has 42 heavy (non-hydrogen) atoms. The molecule has 3 aromatic rings. The molecule has 7 heteroatoms. The zero-order valence-corrected chi connectivity index (χ0v) is 24.9. The molecule has 222 valence electrons. The van der Waals surface area contributed by atoms with Gasteiger partial charge in [0.1, 0.15) is 0 Å². The molecule has 0 unspecified atom stereocenters. The summed E-state index contributed by atoms with van der Waals surface area (Å²) in [6.45, 7) is 8.38. The standard InChI is InChI=1S/C35H44N4O3/c1-2-3-4-5-8-27-11-13-29(14-12-27)34(40)37-31-15-16-33(39-19-17-28-9-6-7-10-30(28)26-39)32(25-31)35(41)36-18-20-38-21-23-42-24-22-38/h6-7,9-16,25H,2-5,8,17-24,26H2,1H3,(H,36,41)(H,37,40). The second kappa shape index (κ2) is 15.0. The Morgan fingerprint density at radius 1 is 0.857 bits per heavy atom. The van der Waals surface area contributed by atoms with E-state index < -0.39 is 0 Å². The Labute approximate surface area is 250 Å². The van der Waals surface area contributed by atoms with Gasteiger partial charge in [0.2, 0.25) is 0 Å². The molecule has 1 fully saturated rings. The molecule has 0 spiro atoms. The van der Waals surface area contributed by atoms with Gasteiger partial charge in [-0.15, -0.1) is 0 Å². The Balaban J connectivity index is 1.29. The van der Waals surface area contributed by atoms with Crippen molar-refractivity contribution in [2.45, 2.75) is 52.0 Å². The smallest absolute Gasteiger partial charge is 0.255 e. The number of carbonyl (C=O) groups is 2. The zero-order chi connectivity index (χ0) is 29.1. The Hall–Kier alpha value is -3.68. The molecular weight excluding hydrogens is 524 g/mol. The molecule has 0 aliphatic carbocycles. The van der Waals surface area contributed by atoms with E-state index in [-0.39, 0.29) is 11.8 Å². The molecule has 5 rings (SSSR count). The minimum Gasteiger partial charge on any atom is -0.379 e. The molecule has 3 aromatic carbocycles. The molecule has 0 aromatic heterocycles. The molecule has 2 amide bonds. The largest absolute Gasteiger partial charge is 0.379 e. The molecule has 2 N–H and O–H groups in total. The third-order valence-corrected chi connectivity index (χ3v) is 8.32. The van der Waals surface area contributed by atoms with E-state index in [9.17, 15) is 9.59 Å². The molecular formula is C35H44N4O3. The molecule has 1 saturated heterocycles. The Morgan fingerprint density at radius 2 is 1.64 bits per heavy atom. The number of hydrogen-bond acceptors (Lipinski definition) is 5. The van der Waals surface area contributed by atoms with E-state index >= 15 is 0 Å². The number of nitrogens with zero attached hydrogens (tertiary/aromatic N) is 2. The second-order valence-corrected chi connectivity index (χ2v) is 11.3. The summed E-state index contributed by atoms with van der Waals surface area (Å²) < 4.78 is 5.44. The van der Waals surface area contributed by atoms with E-state index in [2.05, 4.69) is 51.6 Å². The van der Waals surface area contributed by atoms with Gasteiger partial charge < -0.3 is 20.3 Å². The lowest BCUT2D eigenvalue weighted by Crippen LogP contribution is -2.41. The molecule has 2 heterocycles. The van der Waals surface area contributed by atoms with Gasteiger partial charge in [0.15, 0.2) is 0 Å². The van der Waals surface area contributed by atoms with Crippen LogP contribution in [-0.2, 0) is 24.1 Å². The fourth-order valence-electron chi connectivity index (χ4n) is 5.80. The fraction of sp³-hybridized carbons (Fsp3) is 0.429. The van der Waals surface area contributed by atoms with Gasteiger partial charge in [-0.2, -0.15) is 0 Å². The van der Waals surface area contributed by atoms with Gasteiger partial charge in [-0.3, -0.25) is 14.5 Å². The van der Waals surface area contributed by atoms with Gasteiger partial charge in [-0.05, 0) is 66.3 Å². The van der Waals surface area contributed by atoms with Gasteiger partial charge in [-0.25, -0.2) is 0 Å². The summed E-state index contributed by atoms with van der Waals surface area (Å²) in [6.07, 6.45) is 6.87. The van der Waals surface area contributed by atoms with Crippen molar-refractivity contribution in [3.63, 3.8) is 0 Å². The molecule has 0 saturated carbocycles. The number of morpholine rings is 1. The minimum absolute atomic E-state index is 0.124. The number of unbranched alkanes of at least 4 members (excludes halogenated alkanes) is 3. The lowest BCUT2D eigenvalue weighted by atomic mass is 9.98. The normalized spacial score (nSPS) is 15.2. The Morgan fingerprint density at radius 3 is 2.43 bits per heavy atom. The van der Waals surface area contributed by atoms with Crippen LogP contribution in [0.2, 0.25) is 0 Å². The third kappa shape index (κ3) is 7.99. The number of rotatable bonds is 12. The predicted octanol–water partition coefficient (Wildman–Crippen LogP) is 5.69. The van der Waals surface area contributed by atoms with Gasteiger partial charge in [-0.1, -0.05) is 62.6 Å². The summed E-state index contributed by atoms with van der Waals surface area (Å²) in [5.41, 5.74) is 6.60. The van der Waals surface area contributed by atoms with E-state index in [1.54, 1.807) is 0 Å². The van der Waals surface area contributed by atoms with Crippen LogP contribution in [0.1, 0.15) is 70.0 Å². The van der Waals surface area contributed by atoms with E-state index in [4.69, 9.17) is 4.74 Å². The summed E-state index contributed by atoms with van der Waals surface area (Å²) >= 11 is 0. The number of ether oxygens (including phenoxy) is 1. The highest BCUT2D eigenvalue weighted by Gasteiger charge is 2.22. The highest BCUT2D eigenvalue weighted by molar-refractivity contribution is 6.06. The van der Waals surface area contributed by atoms with E-state index in [1.807, 2.05) is 42.5 Å². The highest BCUT2D eigenvalue weighted by Crippen LogP contribution is 2.30. The lowest BCUT2D eigenvalue weighted by Gasteiger charge is -2.32. The van der Waals surface area contributed by atoms with Gasteiger partial charge in [0.05, 0.1) is 18.8 Å². The quantitative estimate of drug-likeness (QED) is 0.275. The summed E-state index contributed by atoms with van der Waals surface area (Å²) in [5, 5.41) is 6.15.